The lowest BCUT2D eigenvalue weighted by molar-refractivity contribution is 0.210. The Hall–Kier alpha value is -0.355. The van der Waals surface area contributed by atoms with Gasteiger partial charge in [0.1, 0.15) is 7.11 Å². The minimum Gasteiger partial charge on any atom is -0.399 e. The van der Waals surface area contributed by atoms with E-state index in [-0.39, 0.29) is 5.92 Å². The van der Waals surface area contributed by atoms with Crippen LogP contribution in [0.4, 0.5) is 0 Å². The second kappa shape index (κ2) is 9.56. The zero-order chi connectivity index (χ0) is 15.7. The summed E-state index contributed by atoms with van der Waals surface area (Å²) in [5.41, 5.74) is 1.94. The van der Waals surface area contributed by atoms with E-state index in [1.165, 1.54) is 7.11 Å². The molecule has 0 aromatic heterocycles. The lowest BCUT2D eigenvalue weighted by atomic mass is 9.90. The normalized spacial score (nSPS) is 13.8. The van der Waals surface area contributed by atoms with Crippen molar-refractivity contribution in [2.75, 3.05) is 13.7 Å². The maximum absolute atomic E-state index is 6.93. The topological polar surface area (TPSA) is 30.8 Å². The van der Waals surface area contributed by atoms with E-state index in [0.29, 0.717) is 16.7 Å². The molecule has 1 radical (unpaired) electrons. The molecule has 0 fully saturated rings. The molecule has 0 aliphatic heterocycles. The maximum Gasteiger partial charge on any atom is 0.209 e. The van der Waals surface area contributed by atoms with E-state index in [1.54, 1.807) is 6.07 Å². The summed E-state index contributed by atoms with van der Waals surface area (Å²) in [5, 5.41) is 5.14. The number of rotatable bonds is 9. The van der Waals surface area contributed by atoms with E-state index in [9.17, 15) is 0 Å². The molecule has 0 saturated heterocycles. The van der Waals surface area contributed by atoms with Gasteiger partial charge in [-0.2, -0.15) is 0 Å². The van der Waals surface area contributed by atoms with E-state index >= 15 is 0 Å². The summed E-state index contributed by atoms with van der Waals surface area (Å²) in [5.74, 6) is 0.0380. The molecule has 20 heavy (non-hydrogen) atoms. The zero-order valence-electron chi connectivity index (χ0n) is 12.4. The van der Waals surface area contributed by atoms with Crippen LogP contribution in [0, 0.1) is 0 Å². The predicted molar refractivity (Wildman–Crippen MR) is 89.2 cm³/mol. The Labute approximate surface area is 136 Å². The van der Waals surface area contributed by atoms with Gasteiger partial charge in [-0.15, -0.1) is 0 Å². The molecule has 1 unspecified atom stereocenters. The fourth-order valence-electron chi connectivity index (χ4n) is 1.96. The van der Waals surface area contributed by atoms with Crippen molar-refractivity contribution in [3.8, 4) is 0 Å². The second-order valence-corrected chi connectivity index (χ2v) is 5.29. The van der Waals surface area contributed by atoms with Crippen molar-refractivity contribution in [2.45, 2.75) is 25.7 Å². The van der Waals surface area contributed by atoms with Crippen molar-refractivity contribution in [3.05, 3.63) is 33.8 Å². The number of nitrogens with zero attached hydrogens (tertiary/aromatic N) is 1. The van der Waals surface area contributed by atoms with Gasteiger partial charge in [-0.25, -0.2) is 0 Å². The first kappa shape index (κ1) is 16.0. The summed E-state index contributed by atoms with van der Waals surface area (Å²) in [7, 11) is 2.68. The summed E-state index contributed by atoms with van der Waals surface area (Å²) in [4.78, 5) is 4.93. The van der Waals surface area contributed by atoms with Crippen LogP contribution in [-0.2, 0) is 9.02 Å². The Kier molecular flexibility index (Phi) is 7.66. The fraction of sp³-hybridized carbons (Fsp3) is 0.462. The molecule has 0 aliphatic carbocycles. The Balaban J connectivity index is 2.93. The van der Waals surface area contributed by atoms with Crippen LogP contribution in [0.1, 0.15) is 31.2 Å². The Morgan fingerprint density at radius 2 is 2.30 bits per heavy atom. The molecule has 1 atom stereocenters. The van der Waals surface area contributed by atoms with Crippen molar-refractivity contribution >= 4 is 47.9 Å². The average molecular weight is 335 g/mol. The quantitative estimate of drug-likeness (QED) is 0.221. The van der Waals surface area contributed by atoms with Crippen LogP contribution in [-0.4, -0.2) is 27.9 Å². The Morgan fingerprint density at radius 1 is 1.50 bits per heavy atom. The summed E-state index contributed by atoms with van der Waals surface area (Å²) in [6.07, 6.45) is 1.48. The van der Waals surface area contributed by atoms with Crippen molar-refractivity contribution in [1.82, 2.24) is 0 Å². The van der Waals surface area contributed by atoms with Crippen molar-refractivity contribution in [3.63, 3.8) is 0 Å². The molecule has 0 N–H and O–H groups in total. The third-order valence-electron chi connectivity index (χ3n) is 2.88. The molecule has 0 spiro atoms. The van der Waals surface area contributed by atoms with Crippen molar-refractivity contribution in [2.24, 2.45) is 5.16 Å². The largest absolute Gasteiger partial charge is 0.399 e. The van der Waals surface area contributed by atoms with Gasteiger partial charge in [-0.3, -0.25) is 0 Å². The molecule has 3 nitrogen and oxygen atoms in total. The van der Waals surface area contributed by atoms with Crippen LogP contribution in [0.5, 0.6) is 0 Å². The lowest BCUT2D eigenvalue weighted by Gasteiger charge is -2.19. The van der Waals surface area contributed by atoms with Crippen molar-refractivity contribution in [1.29, 1.82) is 1.34 Å². The van der Waals surface area contributed by atoms with Gasteiger partial charge in [0.05, 0.1) is 22.4 Å². The van der Waals surface area contributed by atoms with Crippen molar-refractivity contribution < 1.29 is 9.02 Å². The minimum absolute atomic E-state index is 0.0380. The molecule has 1 aromatic carbocycles. The highest BCUT2D eigenvalue weighted by Crippen LogP contribution is 2.30. The molecule has 109 valence electrons. The third kappa shape index (κ3) is 5.21. The van der Waals surface area contributed by atoms with Gasteiger partial charge < -0.3 is 9.02 Å². The monoisotopic (exact) mass is 334 g/mol. The van der Waals surface area contributed by atoms with Crippen LogP contribution >= 0.6 is 35.1 Å². The van der Waals surface area contributed by atoms with Crippen LogP contribution < -0.4 is 0 Å². The predicted octanol–water partition coefficient (Wildman–Crippen LogP) is 4.36. The van der Waals surface area contributed by atoms with Gasteiger partial charge in [0.15, 0.2) is 0 Å². The average Bonchev–Trinajstić information content (AvgIpc) is 2.49. The van der Waals surface area contributed by atoms with Crippen LogP contribution in [0.2, 0.25) is 10.0 Å². The summed E-state index contributed by atoms with van der Waals surface area (Å²) in [6.45, 7) is 2.52. The molecule has 0 amide bonds. The maximum atomic E-state index is 6.93. The SMILES string of the molecule is [3H][B]SOCCC(/C(CC)=N\OC)c1ccc(Cl)c(Cl)c1. The van der Waals surface area contributed by atoms with E-state index in [0.717, 1.165) is 43.1 Å². The first-order valence-electron chi connectivity index (χ1n) is 6.75. The highest BCUT2D eigenvalue weighted by molar-refractivity contribution is 8.15. The van der Waals surface area contributed by atoms with Gasteiger partial charge in [-0.05, 0) is 31.9 Å². The van der Waals surface area contributed by atoms with Gasteiger partial charge >= 0.3 is 0 Å². The number of benzene rings is 1. The number of hydrogen-bond donors (Lipinski definition) is 0. The molecule has 0 saturated carbocycles. The molecular formula is C13H17BCl2NO2S. The zero-order valence-corrected chi connectivity index (χ0v) is 13.8. The van der Waals surface area contributed by atoms with Crippen LogP contribution in [0.3, 0.4) is 0 Å². The number of halogens is 2. The first-order valence-corrected chi connectivity index (χ1v) is 7.73. The fourth-order valence-corrected chi connectivity index (χ4v) is 2.46. The van der Waals surface area contributed by atoms with Gasteiger partial charge in [0, 0.05) is 5.92 Å². The summed E-state index contributed by atoms with van der Waals surface area (Å²) < 4.78 is 12.2. The molecule has 1 rings (SSSR count). The van der Waals surface area contributed by atoms with E-state index in [2.05, 4.69) is 5.16 Å². The molecule has 7 heteroatoms. The number of hydrogen-bond acceptors (Lipinski definition) is 4. The highest BCUT2D eigenvalue weighted by atomic mass is 35.5. The molecule has 0 heterocycles. The van der Waals surface area contributed by atoms with Gasteiger partial charge in [0.2, 0.25) is 7.09 Å². The van der Waals surface area contributed by atoms with E-state index in [4.69, 9.17) is 33.6 Å². The lowest BCUT2D eigenvalue weighted by Crippen LogP contribution is -2.14. The Morgan fingerprint density at radius 3 is 2.90 bits per heavy atom. The Bertz CT molecular complexity index is 479. The smallest absolute Gasteiger partial charge is 0.209 e. The first-order chi connectivity index (χ1) is 10.1. The third-order valence-corrected chi connectivity index (χ3v) is 3.92. The summed E-state index contributed by atoms with van der Waals surface area (Å²) >= 11 is 13.1. The van der Waals surface area contributed by atoms with Gasteiger partial charge in [-0.1, -0.05) is 53.2 Å². The van der Waals surface area contributed by atoms with Crippen LogP contribution in [0.15, 0.2) is 23.4 Å². The number of oxime groups is 1. The second-order valence-electron chi connectivity index (χ2n) is 4.05. The standard InChI is InChI=1S/C13H17BCl2NO2S/c1-3-13(17-18-2)10(6-7-19-20-14)9-4-5-11(15)12(16)8-9/h4-5,8,10,14H,3,6-7H2,1-2H3/b17-13-/i14T. The molecular weight excluding hydrogens is 316 g/mol. The molecule has 0 bridgehead atoms. The highest BCUT2D eigenvalue weighted by Gasteiger charge is 2.19. The molecule has 0 aliphatic rings. The van der Waals surface area contributed by atoms with Gasteiger partial charge in [0.25, 0.3) is 0 Å². The molecule has 1 aromatic rings. The van der Waals surface area contributed by atoms with E-state index in [1.807, 2.05) is 19.1 Å². The minimum atomic E-state index is 0.0380. The summed E-state index contributed by atoms with van der Waals surface area (Å²) in [6, 6.07) is 5.56. The van der Waals surface area contributed by atoms with E-state index < -0.39 is 0 Å². The van der Waals surface area contributed by atoms with Crippen LogP contribution in [0.25, 0.3) is 0 Å².